The van der Waals surface area contributed by atoms with Gasteiger partial charge in [0, 0.05) is 23.1 Å². The number of hydrogen-bond donors (Lipinski definition) is 0. The molecule has 0 unspecified atom stereocenters. The highest BCUT2D eigenvalue weighted by Gasteiger charge is 2.20. The van der Waals surface area contributed by atoms with Crippen LogP contribution in [0.1, 0.15) is 5.56 Å². The summed E-state index contributed by atoms with van der Waals surface area (Å²) < 4.78 is 25.9. The van der Waals surface area contributed by atoms with Gasteiger partial charge in [0.25, 0.3) is 5.69 Å². The van der Waals surface area contributed by atoms with Crippen LogP contribution in [-0.2, 0) is 10.0 Å². The lowest BCUT2D eigenvalue weighted by Gasteiger charge is -2.10. The number of benzene rings is 2. The van der Waals surface area contributed by atoms with Crippen molar-refractivity contribution in [2.75, 3.05) is 6.26 Å². The molecular weight excluding hydrogens is 328 g/mol. The van der Waals surface area contributed by atoms with Crippen molar-refractivity contribution in [1.29, 1.82) is 0 Å². The summed E-state index contributed by atoms with van der Waals surface area (Å²) in [5.74, 6) is 0. The molecule has 0 saturated heterocycles. The Kier molecular flexibility index (Phi) is 3.73. The molecular formula is C17H14N2O4S. The van der Waals surface area contributed by atoms with E-state index >= 15 is 0 Å². The fraction of sp³-hybridized carbons (Fsp3) is 0.0588. The minimum atomic E-state index is -3.61. The van der Waals surface area contributed by atoms with Crippen LogP contribution in [0.3, 0.4) is 0 Å². The lowest BCUT2D eigenvalue weighted by Crippen LogP contribution is -2.11. The van der Waals surface area contributed by atoms with Gasteiger partial charge in [-0.05, 0) is 17.7 Å². The molecule has 1 heterocycles. The Morgan fingerprint density at radius 3 is 2.50 bits per heavy atom. The van der Waals surface area contributed by atoms with Crippen molar-refractivity contribution in [2.45, 2.75) is 0 Å². The molecule has 3 aromatic rings. The van der Waals surface area contributed by atoms with E-state index in [-0.39, 0.29) is 5.69 Å². The summed E-state index contributed by atoms with van der Waals surface area (Å²) in [5, 5.41) is 11.5. The van der Waals surface area contributed by atoms with Crippen molar-refractivity contribution in [3.63, 3.8) is 0 Å². The van der Waals surface area contributed by atoms with Crippen LogP contribution in [-0.4, -0.2) is 23.6 Å². The Hall–Kier alpha value is -2.93. The van der Waals surface area contributed by atoms with Gasteiger partial charge < -0.3 is 0 Å². The van der Waals surface area contributed by atoms with Crippen LogP contribution in [0.25, 0.3) is 28.2 Å². The molecule has 3 rings (SSSR count). The number of nitrogens with zero attached hydrogens (tertiary/aromatic N) is 2. The first-order valence-corrected chi connectivity index (χ1v) is 8.90. The first kappa shape index (κ1) is 15.9. The number of rotatable bonds is 4. The summed E-state index contributed by atoms with van der Waals surface area (Å²) in [4.78, 5) is 10.5. The highest BCUT2D eigenvalue weighted by atomic mass is 32.2. The SMILES string of the molecule is C=Cc1ccccc1-c1cc2cc([N+](=O)[O-])ccc2n1S(C)(=O)=O. The maximum atomic E-state index is 12.3. The molecule has 0 aliphatic heterocycles. The fourth-order valence-corrected chi connectivity index (χ4v) is 3.78. The molecule has 0 saturated carbocycles. The van der Waals surface area contributed by atoms with Crippen molar-refractivity contribution >= 4 is 32.7 Å². The van der Waals surface area contributed by atoms with E-state index in [1.54, 1.807) is 24.3 Å². The maximum Gasteiger partial charge on any atom is 0.270 e. The van der Waals surface area contributed by atoms with E-state index in [0.29, 0.717) is 22.2 Å². The summed E-state index contributed by atoms with van der Waals surface area (Å²) in [6.45, 7) is 3.75. The lowest BCUT2D eigenvalue weighted by molar-refractivity contribution is -0.384. The standard InChI is InChI=1S/C17H14N2O4S/c1-3-12-6-4-5-7-15(12)17-11-13-10-14(19(20)21)8-9-16(13)18(17)24(2,22)23/h3-11H,1H2,2H3. The topological polar surface area (TPSA) is 82.2 Å². The summed E-state index contributed by atoms with van der Waals surface area (Å²) in [7, 11) is -3.61. The van der Waals surface area contributed by atoms with E-state index in [2.05, 4.69) is 6.58 Å². The highest BCUT2D eigenvalue weighted by Crippen LogP contribution is 2.33. The minimum absolute atomic E-state index is 0.0864. The molecule has 122 valence electrons. The van der Waals surface area contributed by atoms with Gasteiger partial charge in [0.15, 0.2) is 0 Å². The number of nitro groups is 1. The molecule has 6 nitrogen and oxygen atoms in total. The van der Waals surface area contributed by atoms with Crippen LogP contribution in [0, 0.1) is 10.1 Å². The predicted molar refractivity (Wildman–Crippen MR) is 94.4 cm³/mol. The zero-order valence-corrected chi connectivity index (χ0v) is 13.7. The highest BCUT2D eigenvalue weighted by molar-refractivity contribution is 7.89. The van der Waals surface area contributed by atoms with Gasteiger partial charge in [0.05, 0.1) is 22.4 Å². The number of non-ortho nitro benzene ring substituents is 1. The smallest absolute Gasteiger partial charge is 0.258 e. The van der Waals surface area contributed by atoms with E-state index in [0.717, 1.165) is 11.8 Å². The normalized spacial score (nSPS) is 11.5. The van der Waals surface area contributed by atoms with E-state index in [1.165, 1.54) is 22.2 Å². The van der Waals surface area contributed by atoms with Crippen molar-refractivity contribution in [3.8, 4) is 11.3 Å². The van der Waals surface area contributed by atoms with Crippen LogP contribution in [0.2, 0.25) is 0 Å². The molecule has 0 spiro atoms. The molecule has 2 aromatic carbocycles. The monoisotopic (exact) mass is 342 g/mol. The Labute approximate surface area is 138 Å². The maximum absolute atomic E-state index is 12.3. The van der Waals surface area contributed by atoms with Gasteiger partial charge in [-0.2, -0.15) is 0 Å². The second-order valence-corrected chi connectivity index (χ2v) is 7.18. The van der Waals surface area contributed by atoms with Crippen LogP contribution in [0.15, 0.2) is 55.1 Å². The minimum Gasteiger partial charge on any atom is -0.258 e. The number of fused-ring (bicyclic) bond motifs is 1. The molecule has 0 aliphatic rings. The number of nitro benzene ring substituents is 1. The Morgan fingerprint density at radius 2 is 1.88 bits per heavy atom. The van der Waals surface area contributed by atoms with E-state index in [9.17, 15) is 18.5 Å². The van der Waals surface area contributed by atoms with Crippen LogP contribution in [0.5, 0.6) is 0 Å². The molecule has 1 aromatic heterocycles. The molecule has 7 heteroatoms. The van der Waals surface area contributed by atoms with E-state index < -0.39 is 14.9 Å². The third-order valence-electron chi connectivity index (χ3n) is 3.74. The van der Waals surface area contributed by atoms with E-state index in [1.807, 2.05) is 12.1 Å². The molecule has 0 N–H and O–H groups in total. The average Bonchev–Trinajstić information content (AvgIpc) is 2.93. The third kappa shape index (κ3) is 2.59. The summed E-state index contributed by atoms with van der Waals surface area (Å²) in [5.41, 5.74) is 2.23. The van der Waals surface area contributed by atoms with Gasteiger partial charge in [-0.15, -0.1) is 0 Å². The summed E-state index contributed by atoms with van der Waals surface area (Å²) in [6.07, 6.45) is 2.75. The molecule has 0 fully saturated rings. The van der Waals surface area contributed by atoms with Gasteiger partial charge in [-0.3, -0.25) is 10.1 Å². The summed E-state index contributed by atoms with van der Waals surface area (Å²) >= 11 is 0. The predicted octanol–water partition coefficient (Wildman–Crippen LogP) is 3.67. The molecule has 0 radical (unpaired) electrons. The van der Waals surface area contributed by atoms with Crippen LogP contribution >= 0.6 is 0 Å². The summed E-state index contributed by atoms with van der Waals surface area (Å²) in [6, 6.07) is 13.0. The van der Waals surface area contributed by atoms with E-state index in [4.69, 9.17) is 0 Å². The lowest BCUT2D eigenvalue weighted by atomic mass is 10.0. The first-order valence-electron chi connectivity index (χ1n) is 7.05. The zero-order valence-electron chi connectivity index (χ0n) is 12.8. The van der Waals surface area contributed by atoms with Crippen molar-refractivity contribution in [1.82, 2.24) is 3.97 Å². The molecule has 0 bridgehead atoms. The van der Waals surface area contributed by atoms with Gasteiger partial charge in [-0.25, -0.2) is 12.4 Å². The van der Waals surface area contributed by atoms with Gasteiger partial charge in [0.2, 0.25) is 10.0 Å². The number of hydrogen-bond acceptors (Lipinski definition) is 4. The van der Waals surface area contributed by atoms with Crippen molar-refractivity contribution < 1.29 is 13.3 Å². The molecule has 0 aliphatic carbocycles. The quantitative estimate of drug-likeness (QED) is 0.535. The van der Waals surface area contributed by atoms with Gasteiger partial charge in [-0.1, -0.05) is 36.9 Å². The number of aromatic nitrogens is 1. The van der Waals surface area contributed by atoms with Crippen molar-refractivity contribution in [2.24, 2.45) is 0 Å². The largest absolute Gasteiger partial charge is 0.270 e. The second-order valence-electron chi connectivity index (χ2n) is 5.35. The Bertz CT molecular complexity index is 1080. The molecule has 0 atom stereocenters. The van der Waals surface area contributed by atoms with Crippen LogP contribution in [0.4, 0.5) is 5.69 Å². The Balaban J connectivity index is 2.43. The van der Waals surface area contributed by atoms with Gasteiger partial charge in [0.1, 0.15) is 0 Å². The molecule has 0 amide bonds. The fourth-order valence-electron chi connectivity index (χ4n) is 2.74. The van der Waals surface area contributed by atoms with Crippen molar-refractivity contribution in [3.05, 3.63) is 70.8 Å². The molecule has 24 heavy (non-hydrogen) atoms. The van der Waals surface area contributed by atoms with Gasteiger partial charge >= 0.3 is 0 Å². The zero-order chi connectivity index (χ0) is 17.5. The first-order chi connectivity index (χ1) is 11.3. The second kappa shape index (κ2) is 5.61. The third-order valence-corrected chi connectivity index (χ3v) is 4.80. The average molecular weight is 342 g/mol. The Morgan fingerprint density at radius 1 is 1.17 bits per heavy atom. The van der Waals surface area contributed by atoms with Crippen LogP contribution < -0.4 is 0 Å².